The number of rotatable bonds is 6. The number of likely N-dealkylation sites (tertiary alicyclic amines) is 1. The predicted molar refractivity (Wildman–Crippen MR) is 125 cm³/mol. The average Bonchev–Trinajstić information content (AvgIpc) is 3.23. The quantitative estimate of drug-likeness (QED) is 0.597. The second-order valence-electron chi connectivity index (χ2n) is 10.0. The summed E-state index contributed by atoms with van der Waals surface area (Å²) >= 11 is 0. The third-order valence-corrected chi connectivity index (χ3v) is 6.78. The number of benzene rings is 1. The molecule has 2 N–H and O–H groups in total. The van der Waals surface area contributed by atoms with Gasteiger partial charge in [-0.2, -0.15) is 5.10 Å². The van der Waals surface area contributed by atoms with Crippen molar-refractivity contribution in [2.24, 2.45) is 5.41 Å². The molecule has 0 saturated carbocycles. The second-order valence-corrected chi connectivity index (χ2v) is 10.0. The molecule has 0 spiro atoms. The Morgan fingerprint density at radius 2 is 1.68 bits per heavy atom. The van der Waals surface area contributed by atoms with Gasteiger partial charge < -0.3 is 10.0 Å². The zero-order valence-corrected chi connectivity index (χ0v) is 19.5. The van der Waals surface area contributed by atoms with E-state index in [9.17, 15) is 5.11 Å². The first-order chi connectivity index (χ1) is 14.6. The van der Waals surface area contributed by atoms with Gasteiger partial charge in [0.1, 0.15) is 5.60 Å². The Labute approximate surface area is 185 Å². The number of hydrogen-bond acceptors (Lipinski definition) is 4. The first-order valence-electron chi connectivity index (χ1n) is 11.2. The lowest BCUT2D eigenvalue weighted by molar-refractivity contribution is -0.127. The number of H-pyrrole nitrogens is 1. The summed E-state index contributed by atoms with van der Waals surface area (Å²) in [6.07, 6.45) is 3.63. The van der Waals surface area contributed by atoms with Crippen molar-refractivity contribution < 1.29 is 5.11 Å². The molecule has 0 amide bonds. The highest BCUT2D eigenvalue weighted by atomic mass is 16.3. The van der Waals surface area contributed by atoms with Gasteiger partial charge in [-0.15, -0.1) is 0 Å². The summed E-state index contributed by atoms with van der Waals surface area (Å²) in [4.78, 5) is 6.76. The summed E-state index contributed by atoms with van der Waals surface area (Å²) in [7, 11) is 2.09. The van der Waals surface area contributed by atoms with Crippen LogP contribution in [0.1, 0.15) is 68.8 Å². The van der Waals surface area contributed by atoms with Crippen LogP contribution in [0.2, 0.25) is 0 Å². The largest absolute Gasteiger partial charge is 0.380 e. The Balaban J connectivity index is 1.81. The van der Waals surface area contributed by atoms with Gasteiger partial charge in [-0.05, 0) is 42.1 Å². The monoisotopic (exact) mass is 418 g/mol. The summed E-state index contributed by atoms with van der Waals surface area (Å²) < 4.78 is 0. The number of pyridine rings is 1. The second kappa shape index (κ2) is 7.88. The molecule has 5 nitrogen and oxygen atoms in total. The van der Waals surface area contributed by atoms with E-state index in [4.69, 9.17) is 0 Å². The highest BCUT2D eigenvalue weighted by Crippen LogP contribution is 2.50. The van der Waals surface area contributed by atoms with Crippen LogP contribution in [0, 0.1) is 5.41 Å². The molecule has 0 bridgehead atoms. The molecule has 0 unspecified atom stereocenters. The lowest BCUT2D eigenvalue weighted by atomic mass is 9.62. The molecule has 1 saturated heterocycles. The molecule has 31 heavy (non-hydrogen) atoms. The van der Waals surface area contributed by atoms with Crippen molar-refractivity contribution in [1.82, 2.24) is 20.1 Å². The van der Waals surface area contributed by atoms with Crippen LogP contribution in [0.25, 0.3) is 11.3 Å². The Hall–Kier alpha value is -2.50. The topological polar surface area (TPSA) is 65.0 Å². The van der Waals surface area contributed by atoms with Crippen molar-refractivity contribution >= 4 is 0 Å². The molecule has 3 heterocycles. The molecule has 0 aliphatic carbocycles. The molecule has 1 aliphatic heterocycles. The first kappa shape index (κ1) is 21.7. The van der Waals surface area contributed by atoms with Crippen molar-refractivity contribution in [3.8, 4) is 11.3 Å². The third-order valence-electron chi connectivity index (χ3n) is 6.78. The van der Waals surface area contributed by atoms with Crippen LogP contribution in [0.15, 0.2) is 48.8 Å². The number of nitrogens with one attached hydrogen (secondary N) is 1. The maximum atomic E-state index is 12.4. The summed E-state index contributed by atoms with van der Waals surface area (Å²) in [5.41, 5.74) is 4.40. The molecule has 1 aromatic carbocycles. The van der Waals surface area contributed by atoms with E-state index in [-0.39, 0.29) is 5.41 Å². The molecule has 1 fully saturated rings. The molecular weight excluding hydrogens is 384 g/mol. The third kappa shape index (κ3) is 3.70. The van der Waals surface area contributed by atoms with Gasteiger partial charge in [-0.3, -0.25) is 10.1 Å². The number of aromatic amines is 1. The van der Waals surface area contributed by atoms with Crippen LogP contribution < -0.4 is 0 Å². The molecule has 1 aliphatic rings. The van der Waals surface area contributed by atoms with Gasteiger partial charge in [0.2, 0.25) is 0 Å². The number of aliphatic hydroxyl groups is 1. The Kier molecular flexibility index (Phi) is 5.52. The maximum absolute atomic E-state index is 12.4. The minimum atomic E-state index is -1.14. The van der Waals surface area contributed by atoms with Gasteiger partial charge in [0, 0.05) is 47.7 Å². The van der Waals surface area contributed by atoms with Gasteiger partial charge >= 0.3 is 0 Å². The number of aromatic nitrogens is 3. The fourth-order valence-corrected chi connectivity index (χ4v) is 4.90. The van der Waals surface area contributed by atoms with Crippen LogP contribution >= 0.6 is 0 Å². The van der Waals surface area contributed by atoms with E-state index in [1.54, 1.807) is 6.20 Å². The smallest absolute Gasteiger partial charge is 0.124 e. The van der Waals surface area contributed by atoms with Crippen LogP contribution in [0.4, 0.5) is 0 Å². The van der Waals surface area contributed by atoms with Crippen molar-refractivity contribution in [2.75, 3.05) is 20.1 Å². The van der Waals surface area contributed by atoms with E-state index >= 15 is 0 Å². The number of nitrogens with zero attached hydrogens (tertiary/aromatic N) is 3. The lowest BCUT2D eigenvalue weighted by Gasteiger charge is -2.55. The molecule has 4 rings (SSSR count). The van der Waals surface area contributed by atoms with Crippen LogP contribution in [0.3, 0.4) is 0 Å². The van der Waals surface area contributed by atoms with E-state index in [1.807, 2.05) is 12.3 Å². The highest BCUT2D eigenvalue weighted by molar-refractivity contribution is 5.60. The average molecular weight is 419 g/mol. The predicted octanol–water partition coefficient (Wildman–Crippen LogP) is 4.91. The minimum Gasteiger partial charge on any atom is -0.380 e. The van der Waals surface area contributed by atoms with Gasteiger partial charge in [0.15, 0.2) is 0 Å². The molecule has 2 aromatic heterocycles. The van der Waals surface area contributed by atoms with Crippen molar-refractivity contribution in [3.05, 3.63) is 71.2 Å². The van der Waals surface area contributed by atoms with Gasteiger partial charge in [0.05, 0.1) is 5.69 Å². The van der Waals surface area contributed by atoms with E-state index < -0.39 is 5.60 Å². The minimum absolute atomic E-state index is 0.309. The van der Waals surface area contributed by atoms with E-state index in [0.717, 1.165) is 41.2 Å². The highest BCUT2D eigenvalue weighted by Gasteiger charge is 2.55. The van der Waals surface area contributed by atoms with Crippen LogP contribution in [-0.2, 0) is 5.60 Å². The fourth-order valence-electron chi connectivity index (χ4n) is 4.90. The lowest BCUT2D eigenvalue weighted by Crippen LogP contribution is -2.63. The zero-order chi connectivity index (χ0) is 22.4. The summed E-state index contributed by atoms with van der Waals surface area (Å²) in [5, 5.41) is 20.0. The fraction of sp³-hybridized carbons (Fsp3) is 0.462. The van der Waals surface area contributed by atoms with Crippen LogP contribution in [0.5, 0.6) is 0 Å². The van der Waals surface area contributed by atoms with E-state index in [2.05, 4.69) is 92.1 Å². The van der Waals surface area contributed by atoms with Gasteiger partial charge in [0.25, 0.3) is 0 Å². The Morgan fingerprint density at radius 3 is 2.23 bits per heavy atom. The molecule has 3 aromatic rings. The molecule has 164 valence electrons. The van der Waals surface area contributed by atoms with Gasteiger partial charge in [-0.25, -0.2) is 0 Å². The SMILES string of the molecule is CC(C)c1ccc([C@](O)(c2cncc(-c3cc(C(C)C)[nH]n3)c2)C2(C)CN(C)C2)cc1. The molecule has 5 heteroatoms. The molecular formula is C26H34N4O. The Bertz CT molecular complexity index is 1050. The summed E-state index contributed by atoms with van der Waals surface area (Å²) in [6, 6.07) is 12.6. The normalized spacial score (nSPS) is 18.2. The van der Waals surface area contributed by atoms with Gasteiger partial charge in [-0.1, -0.05) is 58.9 Å². The molecule has 0 radical (unpaired) electrons. The Morgan fingerprint density at radius 1 is 1.00 bits per heavy atom. The van der Waals surface area contributed by atoms with E-state index in [1.165, 1.54) is 5.56 Å². The number of hydrogen-bond donors (Lipinski definition) is 2. The van der Waals surface area contributed by atoms with Crippen LogP contribution in [-0.4, -0.2) is 45.3 Å². The zero-order valence-electron chi connectivity index (χ0n) is 19.5. The van der Waals surface area contributed by atoms with Crippen molar-refractivity contribution in [1.29, 1.82) is 0 Å². The van der Waals surface area contributed by atoms with E-state index in [0.29, 0.717) is 11.8 Å². The summed E-state index contributed by atoms with van der Waals surface area (Å²) in [5.74, 6) is 0.825. The van der Waals surface area contributed by atoms with Crippen molar-refractivity contribution in [2.45, 2.75) is 52.1 Å². The maximum Gasteiger partial charge on any atom is 0.124 e. The standard InChI is InChI=1S/C26H34N4O/c1-17(2)19-7-9-21(10-8-19)26(31,25(5)15-30(6)16-25)22-11-20(13-27-14-22)24-12-23(18(3)4)28-29-24/h7-14,17-18,31H,15-16H2,1-6H3,(H,28,29)/t26-/m0/s1. The molecule has 1 atom stereocenters. The first-order valence-corrected chi connectivity index (χ1v) is 11.2. The van der Waals surface area contributed by atoms with Crippen molar-refractivity contribution in [3.63, 3.8) is 0 Å². The summed E-state index contributed by atoms with van der Waals surface area (Å²) in [6.45, 7) is 12.5.